The van der Waals surface area contributed by atoms with Crippen molar-refractivity contribution in [2.24, 2.45) is 0 Å². The van der Waals surface area contributed by atoms with Gasteiger partial charge < -0.3 is 9.40 Å². The van der Waals surface area contributed by atoms with E-state index in [1.807, 2.05) is 30.3 Å². The molecule has 5 nitrogen and oxygen atoms in total. The number of imidazole rings is 1. The zero-order valence-corrected chi connectivity index (χ0v) is 14.5. The molecule has 120 valence electrons. The lowest BCUT2D eigenvalue weighted by Crippen LogP contribution is -1.81. The van der Waals surface area contributed by atoms with E-state index in [4.69, 9.17) is 27.6 Å². The Kier molecular flexibility index (Phi) is 4.18. The number of aromatic amines is 1. The Labute approximate surface area is 151 Å². The molecule has 2 aromatic heterocycles. The van der Waals surface area contributed by atoms with E-state index in [0.717, 1.165) is 11.1 Å². The van der Waals surface area contributed by atoms with Gasteiger partial charge in [-0.25, -0.2) is 4.98 Å². The largest absolute Gasteiger partial charge is 0.420 e. The maximum Gasteiger partial charge on any atom is 0.247 e. The first-order valence-electron chi connectivity index (χ1n) is 7.04. The van der Waals surface area contributed by atoms with Gasteiger partial charge in [-0.1, -0.05) is 53.2 Å². The van der Waals surface area contributed by atoms with Crippen LogP contribution in [0.2, 0.25) is 10.0 Å². The van der Waals surface area contributed by atoms with Gasteiger partial charge in [0.2, 0.25) is 11.8 Å². The van der Waals surface area contributed by atoms with Crippen molar-refractivity contribution in [2.45, 2.75) is 10.9 Å². The van der Waals surface area contributed by atoms with Gasteiger partial charge in [0.1, 0.15) is 5.52 Å². The predicted molar refractivity (Wildman–Crippen MR) is 95.4 cm³/mol. The van der Waals surface area contributed by atoms with Crippen LogP contribution in [-0.2, 0) is 5.75 Å². The highest BCUT2D eigenvalue weighted by atomic mass is 35.5. The maximum atomic E-state index is 6.15. The number of nitrogens with zero attached hydrogens (tertiary/aromatic N) is 3. The van der Waals surface area contributed by atoms with Gasteiger partial charge in [-0.2, -0.15) is 0 Å². The summed E-state index contributed by atoms with van der Waals surface area (Å²) in [5.41, 5.74) is 2.39. The summed E-state index contributed by atoms with van der Waals surface area (Å²) < 4.78 is 5.68. The summed E-state index contributed by atoms with van der Waals surface area (Å²) in [7, 11) is 0. The van der Waals surface area contributed by atoms with Crippen LogP contribution < -0.4 is 0 Å². The lowest BCUT2D eigenvalue weighted by Gasteiger charge is -1.93. The van der Waals surface area contributed by atoms with E-state index in [2.05, 4.69) is 20.2 Å². The Morgan fingerprint density at radius 3 is 2.75 bits per heavy atom. The summed E-state index contributed by atoms with van der Waals surface area (Å²) in [6, 6.07) is 13.1. The highest BCUT2D eigenvalue weighted by molar-refractivity contribution is 7.98. The lowest BCUT2D eigenvalue weighted by atomic mass is 10.2. The van der Waals surface area contributed by atoms with Crippen molar-refractivity contribution in [1.29, 1.82) is 0 Å². The fraction of sp³-hybridized carbons (Fsp3) is 0.0625. The van der Waals surface area contributed by atoms with Gasteiger partial charge in [0.15, 0.2) is 5.16 Å². The molecule has 0 spiro atoms. The molecule has 4 rings (SSSR count). The van der Waals surface area contributed by atoms with Crippen molar-refractivity contribution < 1.29 is 4.42 Å². The van der Waals surface area contributed by atoms with E-state index in [0.29, 0.717) is 38.3 Å². The Hall–Kier alpha value is -2.02. The molecule has 0 atom stereocenters. The van der Waals surface area contributed by atoms with Crippen LogP contribution in [0.4, 0.5) is 0 Å². The molecule has 24 heavy (non-hydrogen) atoms. The minimum Gasteiger partial charge on any atom is -0.420 e. The average Bonchev–Trinajstić information content (AvgIpc) is 3.20. The van der Waals surface area contributed by atoms with Gasteiger partial charge in [0, 0.05) is 10.6 Å². The summed E-state index contributed by atoms with van der Waals surface area (Å²) in [5, 5.41) is 9.94. The third kappa shape index (κ3) is 3.13. The van der Waals surface area contributed by atoms with Crippen molar-refractivity contribution in [1.82, 2.24) is 20.2 Å². The second-order valence-electron chi connectivity index (χ2n) is 4.98. The average molecular weight is 377 g/mol. The molecule has 0 bridgehead atoms. The molecular formula is C16H10Cl2N4OS. The summed E-state index contributed by atoms with van der Waals surface area (Å²) in [6.45, 7) is 0. The number of H-pyrrole nitrogens is 1. The lowest BCUT2D eigenvalue weighted by molar-refractivity contribution is 0.528. The molecule has 2 heterocycles. The molecule has 0 radical (unpaired) electrons. The zero-order chi connectivity index (χ0) is 16.5. The topological polar surface area (TPSA) is 67.6 Å². The van der Waals surface area contributed by atoms with Gasteiger partial charge in [0.25, 0.3) is 0 Å². The van der Waals surface area contributed by atoms with Gasteiger partial charge in [-0.3, -0.25) is 0 Å². The van der Waals surface area contributed by atoms with Crippen LogP contribution in [0, 0.1) is 0 Å². The molecule has 0 aliphatic rings. The number of hydrogen-bond donors (Lipinski definition) is 1. The van der Waals surface area contributed by atoms with E-state index in [-0.39, 0.29) is 0 Å². The standard InChI is InChI=1S/C16H10Cl2N4OS/c17-10-6-11(18)14-12(7-10)19-16(20-14)24-8-13-21-22-15(23-13)9-4-2-1-3-5-9/h1-7H,8H2,(H,19,20). The van der Waals surface area contributed by atoms with E-state index in [1.54, 1.807) is 12.1 Å². The first-order valence-corrected chi connectivity index (χ1v) is 8.78. The van der Waals surface area contributed by atoms with Gasteiger partial charge in [-0.15, -0.1) is 10.2 Å². The maximum absolute atomic E-state index is 6.15. The number of nitrogens with one attached hydrogen (secondary N) is 1. The Morgan fingerprint density at radius 2 is 1.92 bits per heavy atom. The van der Waals surface area contributed by atoms with Crippen molar-refractivity contribution in [2.75, 3.05) is 0 Å². The second kappa shape index (κ2) is 6.47. The number of fused-ring (bicyclic) bond motifs is 1. The first-order chi connectivity index (χ1) is 11.7. The minimum absolute atomic E-state index is 0.505. The Balaban J connectivity index is 1.51. The molecule has 0 saturated heterocycles. The molecule has 0 aliphatic heterocycles. The van der Waals surface area contributed by atoms with Crippen LogP contribution in [0.1, 0.15) is 5.89 Å². The third-order valence-corrected chi connectivity index (χ3v) is 4.67. The molecule has 0 saturated carbocycles. The molecule has 1 N–H and O–H groups in total. The molecular weight excluding hydrogens is 367 g/mol. The fourth-order valence-electron chi connectivity index (χ4n) is 2.23. The number of benzene rings is 2. The molecule has 8 heteroatoms. The van der Waals surface area contributed by atoms with E-state index in [1.165, 1.54) is 11.8 Å². The van der Waals surface area contributed by atoms with Crippen LogP contribution >= 0.6 is 35.0 Å². The predicted octanol–water partition coefficient (Wildman–Crippen LogP) is 5.21. The second-order valence-corrected chi connectivity index (χ2v) is 6.79. The summed E-state index contributed by atoms with van der Waals surface area (Å²) >= 11 is 13.6. The van der Waals surface area contributed by atoms with Crippen LogP contribution in [-0.4, -0.2) is 20.2 Å². The van der Waals surface area contributed by atoms with Crippen LogP contribution in [0.25, 0.3) is 22.5 Å². The van der Waals surface area contributed by atoms with Crippen LogP contribution in [0.5, 0.6) is 0 Å². The van der Waals surface area contributed by atoms with Gasteiger partial charge in [0.05, 0.1) is 16.3 Å². The molecule has 0 amide bonds. The highest BCUT2D eigenvalue weighted by Gasteiger charge is 2.12. The van der Waals surface area contributed by atoms with Crippen molar-refractivity contribution in [3.05, 3.63) is 58.4 Å². The summed E-state index contributed by atoms with van der Waals surface area (Å²) in [4.78, 5) is 7.64. The molecule has 0 unspecified atom stereocenters. The molecule has 4 aromatic rings. The number of halogens is 2. The quantitative estimate of drug-likeness (QED) is 0.495. The zero-order valence-electron chi connectivity index (χ0n) is 12.2. The molecule has 0 fully saturated rings. The van der Waals surface area contributed by atoms with Crippen LogP contribution in [0.15, 0.2) is 52.0 Å². The van der Waals surface area contributed by atoms with Crippen molar-refractivity contribution in [3.8, 4) is 11.5 Å². The fourth-order valence-corrected chi connectivity index (χ4v) is 3.48. The number of aromatic nitrogens is 4. The third-order valence-electron chi connectivity index (χ3n) is 3.30. The number of hydrogen-bond acceptors (Lipinski definition) is 5. The summed E-state index contributed by atoms with van der Waals surface area (Å²) in [6.07, 6.45) is 0. The molecule has 0 aliphatic carbocycles. The number of rotatable bonds is 4. The number of thioether (sulfide) groups is 1. The van der Waals surface area contributed by atoms with E-state index in [9.17, 15) is 0 Å². The van der Waals surface area contributed by atoms with E-state index >= 15 is 0 Å². The molecule has 2 aromatic carbocycles. The van der Waals surface area contributed by atoms with Crippen molar-refractivity contribution in [3.63, 3.8) is 0 Å². The van der Waals surface area contributed by atoms with E-state index < -0.39 is 0 Å². The normalized spacial score (nSPS) is 11.2. The SMILES string of the molecule is Clc1cc(Cl)c2nc(SCc3nnc(-c4ccccc4)o3)[nH]c2c1. The van der Waals surface area contributed by atoms with Gasteiger partial charge in [-0.05, 0) is 24.3 Å². The smallest absolute Gasteiger partial charge is 0.247 e. The Bertz CT molecular complexity index is 1000. The minimum atomic E-state index is 0.505. The first kappa shape index (κ1) is 15.5. The monoisotopic (exact) mass is 376 g/mol. The Morgan fingerprint density at radius 1 is 1.08 bits per heavy atom. The summed E-state index contributed by atoms with van der Waals surface area (Å²) in [5.74, 6) is 1.54. The highest BCUT2D eigenvalue weighted by Crippen LogP contribution is 2.30. The van der Waals surface area contributed by atoms with Crippen LogP contribution in [0.3, 0.4) is 0 Å². The van der Waals surface area contributed by atoms with Gasteiger partial charge >= 0.3 is 0 Å². The van der Waals surface area contributed by atoms with Crippen molar-refractivity contribution >= 4 is 46.0 Å².